The van der Waals surface area contributed by atoms with Crippen LogP contribution in [0.25, 0.3) is 0 Å². The molecule has 0 spiro atoms. The highest BCUT2D eigenvalue weighted by Crippen LogP contribution is 2.10. The predicted octanol–water partition coefficient (Wildman–Crippen LogP) is -0.440. The Morgan fingerprint density at radius 2 is 1.21 bits per heavy atom. The van der Waals surface area contributed by atoms with Crippen molar-refractivity contribution in [3.63, 3.8) is 0 Å². The maximum atomic E-state index is 12.9. The molecule has 3 atom stereocenters. The van der Waals surface area contributed by atoms with Gasteiger partial charge in [-0.2, -0.15) is 16.8 Å². The number of unbranched alkanes of at least 4 members (excludes halogenated alkanes) is 3. The standard InChI is InChI=1S/C28H46N6O11S2/c1-4-5-7-14-30-20-12-10-19(11-13-20)26(37)31-15-8-6-9-21(24(29)35)32-27(38)23(17-47(43,44)45)34-28(39)22(16-46(40,41)42)33-25(36)18(2)3/h10-13,18,21-23,30H,4-9,14-17H2,1-3H3,(H2,29,35)(H,31,37)(H,32,38)(H,33,36)(H,34,39)(H,40,41,42)(H,43,44,45)/t21?,22?,23-/m0/s1. The smallest absolute Gasteiger partial charge is 0.267 e. The summed E-state index contributed by atoms with van der Waals surface area (Å²) in [5.41, 5.74) is 6.73. The van der Waals surface area contributed by atoms with Crippen LogP contribution in [-0.2, 0) is 39.4 Å². The largest absolute Gasteiger partial charge is 0.385 e. The Balaban J connectivity index is 2.79. The second-order valence-corrected chi connectivity index (χ2v) is 14.2. The quantitative estimate of drug-likeness (QED) is 0.0563. The normalized spacial score (nSPS) is 13.6. The summed E-state index contributed by atoms with van der Waals surface area (Å²) in [6.45, 7) is 6.02. The van der Waals surface area contributed by atoms with Crippen LogP contribution in [0.15, 0.2) is 24.3 Å². The summed E-state index contributed by atoms with van der Waals surface area (Å²) in [6, 6.07) is 1.61. The van der Waals surface area contributed by atoms with E-state index in [-0.39, 0.29) is 25.3 Å². The van der Waals surface area contributed by atoms with Crippen LogP contribution >= 0.6 is 0 Å². The van der Waals surface area contributed by atoms with Gasteiger partial charge in [0.15, 0.2) is 0 Å². The predicted molar refractivity (Wildman–Crippen MR) is 173 cm³/mol. The van der Waals surface area contributed by atoms with E-state index in [4.69, 9.17) is 5.73 Å². The van der Waals surface area contributed by atoms with Gasteiger partial charge in [-0.1, -0.05) is 33.6 Å². The molecule has 47 heavy (non-hydrogen) atoms. The number of amides is 5. The third-order valence-electron chi connectivity index (χ3n) is 6.67. The molecule has 0 fully saturated rings. The van der Waals surface area contributed by atoms with Crippen LogP contribution in [0, 0.1) is 5.92 Å². The average Bonchev–Trinajstić information content (AvgIpc) is 2.96. The molecule has 17 nitrogen and oxygen atoms in total. The Morgan fingerprint density at radius 1 is 0.723 bits per heavy atom. The van der Waals surface area contributed by atoms with Crippen LogP contribution in [0.5, 0.6) is 0 Å². The zero-order chi connectivity index (χ0) is 35.8. The maximum absolute atomic E-state index is 12.9. The number of carbonyl (C=O) groups is 5. The molecule has 0 saturated carbocycles. The second kappa shape index (κ2) is 19.8. The minimum atomic E-state index is -4.92. The number of nitrogens with two attached hydrogens (primary N) is 1. The molecule has 0 aliphatic heterocycles. The Labute approximate surface area is 275 Å². The van der Waals surface area contributed by atoms with E-state index in [0.29, 0.717) is 12.0 Å². The summed E-state index contributed by atoms with van der Waals surface area (Å²) in [5.74, 6) is -8.16. The van der Waals surface area contributed by atoms with Gasteiger partial charge in [0.2, 0.25) is 23.6 Å². The first kappa shape index (κ1) is 41.2. The topological polar surface area (TPSA) is 280 Å². The molecule has 0 aliphatic carbocycles. The molecule has 1 rings (SSSR count). The van der Waals surface area contributed by atoms with Crippen molar-refractivity contribution >= 4 is 55.5 Å². The Bertz CT molecular complexity index is 1430. The number of anilines is 1. The fourth-order valence-electron chi connectivity index (χ4n) is 4.08. The van der Waals surface area contributed by atoms with Gasteiger partial charge in [0, 0.05) is 30.3 Å². The van der Waals surface area contributed by atoms with E-state index >= 15 is 0 Å². The SMILES string of the molecule is CCCCCNc1ccc(C(=O)NCCCCC(NC(=O)[C@H](CS(=O)(=O)O)NC(=O)C(CS(=O)(=O)O)NC(=O)C(C)C)C(N)=O)cc1. The Hall–Kier alpha value is -3.81. The molecule has 0 saturated heterocycles. The van der Waals surface area contributed by atoms with E-state index in [9.17, 15) is 49.9 Å². The number of carbonyl (C=O) groups excluding carboxylic acids is 5. The van der Waals surface area contributed by atoms with Crippen molar-refractivity contribution < 1.29 is 49.9 Å². The van der Waals surface area contributed by atoms with Gasteiger partial charge in [0.05, 0.1) is 0 Å². The van der Waals surface area contributed by atoms with Crippen LogP contribution < -0.4 is 32.3 Å². The average molecular weight is 707 g/mol. The number of hydrogen-bond acceptors (Lipinski definition) is 10. The minimum Gasteiger partial charge on any atom is -0.385 e. The summed E-state index contributed by atoms with van der Waals surface area (Å²) in [6.07, 6.45) is 3.86. The first-order valence-corrected chi connectivity index (χ1v) is 18.3. The molecule has 19 heteroatoms. The molecular weight excluding hydrogens is 660 g/mol. The fourth-order valence-corrected chi connectivity index (χ4v) is 5.39. The number of hydrogen-bond donors (Lipinski definition) is 8. The zero-order valence-electron chi connectivity index (χ0n) is 26.7. The van der Waals surface area contributed by atoms with Crippen LogP contribution in [-0.4, -0.2) is 98.2 Å². The number of nitrogens with one attached hydrogen (secondary N) is 5. The van der Waals surface area contributed by atoms with Crippen LogP contribution in [0.4, 0.5) is 5.69 Å². The summed E-state index contributed by atoms with van der Waals surface area (Å²) < 4.78 is 64.5. The lowest BCUT2D eigenvalue weighted by Crippen LogP contribution is -2.59. The van der Waals surface area contributed by atoms with Gasteiger partial charge in [-0.3, -0.25) is 33.1 Å². The molecule has 5 amide bonds. The third-order valence-corrected chi connectivity index (χ3v) is 8.18. The summed E-state index contributed by atoms with van der Waals surface area (Å²) >= 11 is 0. The van der Waals surface area contributed by atoms with Crippen molar-refractivity contribution in [1.29, 1.82) is 0 Å². The van der Waals surface area contributed by atoms with Gasteiger partial charge in [-0.25, -0.2) is 0 Å². The van der Waals surface area contributed by atoms with Crippen molar-refractivity contribution in [2.45, 2.75) is 77.4 Å². The lowest BCUT2D eigenvalue weighted by atomic mass is 10.1. The first-order valence-electron chi connectivity index (χ1n) is 15.1. The Kier molecular flexibility index (Phi) is 17.3. The van der Waals surface area contributed by atoms with Crippen molar-refractivity contribution in [2.24, 2.45) is 11.7 Å². The van der Waals surface area contributed by atoms with Gasteiger partial charge in [-0.15, -0.1) is 0 Å². The summed E-state index contributed by atoms with van der Waals surface area (Å²) in [5, 5.41) is 12.2. The van der Waals surface area contributed by atoms with E-state index in [1.807, 2.05) is 5.32 Å². The molecular formula is C28H46N6O11S2. The highest BCUT2D eigenvalue weighted by atomic mass is 32.2. The number of benzene rings is 1. The monoisotopic (exact) mass is 706 g/mol. The molecule has 0 heterocycles. The first-order chi connectivity index (χ1) is 21.8. The fraction of sp³-hybridized carbons (Fsp3) is 0.607. The molecule has 0 bridgehead atoms. The van der Waals surface area contributed by atoms with Crippen molar-refractivity contribution in [3.05, 3.63) is 29.8 Å². The molecule has 266 valence electrons. The summed E-state index contributed by atoms with van der Waals surface area (Å²) in [7, 11) is -9.76. The van der Waals surface area contributed by atoms with Crippen molar-refractivity contribution in [1.82, 2.24) is 21.3 Å². The van der Waals surface area contributed by atoms with Gasteiger partial charge >= 0.3 is 0 Å². The zero-order valence-corrected chi connectivity index (χ0v) is 28.3. The van der Waals surface area contributed by atoms with Crippen molar-refractivity contribution in [2.75, 3.05) is 29.9 Å². The van der Waals surface area contributed by atoms with Gasteiger partial charge in [-0.05, 0) is 49.9 Å². The molecule has 9 N–H and O–H groups in total. The number of primary amides is 1. The highest BCUT2D eigenvalue weighted by molar-refractivity contribution is 7.86. The number of rotatable bonds is 22. The molecule has 1 aromatic carbocycles. The van der Waals surface area contributed by atoms with Crippen LogP contribution in [0.3, 0.4) is 0 Å². The molecule has 0 aliphatic rings. The van der Waals surface area contributed by atoms with E-state index < -0.39 is 79.4 Å². The van der Waals surface area contributed by atoms with Gasteiger partial charge in [0.25, 0.3) is 26.1 Å². The van der Waals surface area contributed by atoms with E-state index in [1.54, 1.807) is 24.3 Å². The second-order valence-electron chi connectivity index (χ2n) is 11.2. The molecule has 1 aromatic rings. The van der Waals surface area contributed by atoms with E-state index in [1.165, 1.54) is 13.8 Å². The molecule has 0 aromatic heterocycles. The van der Waals surface area contributed by atoms with Crippen LogP contribution in [0.2, 0.25) is 0 Å². The summed E-state index contributed by atoms with van der Waals surface area (Å²) in [4.78, 5) is 62.3. The van der Waals surface area contributed by atoms with Crippen molar-refractivity contribution in [3.8, 4) is 0 Å². The van der Waals surface area contributed by atoms with Gasteiger partial charge in [0.1, 0.15) is 29.6 Å². The molecule has 2 unspecified atom stereocenters. The molecule has 0 radical (unpaired) electrons. The lowest BCUT2D eigenvalue weighted by molar-refractivity contribution is -0.133. The Morgan fingerprint density at radius 3 is 1.68 bits per heavy atom. The van der Waals surface area contributed by atoms with Gasteiger partial charge < -0.3 is 32.3 Å². The minimum absolute atomic E-state index is 0.0439. The lowest BCUT2D eigenvalue weighted by Gasteiger charge is -2.24. The van der Waals surface area contributed by atoms with Crippen LogP contribution in [0.1, 0.15) is 69.7 Å². The third kappa shape index (κ3) is 17.6. The maximum Gasteiger partial charge on any atom is 0.267 e. The highest BCUT2D eigenvalue weighted by Gasteiger charge is 2.33. The van der Waals surface area contributed by atoms with E-state index in [0.717, 1.165) is 31.5 Å². The van der Waals surface area contributed by atoms with E-state index in [2.05, 4.69) is 28.2 Å².